The van der Waals surface area contributed by atoms with Crippen LogP contribution in [-0.4, -0.2) is 34.7 Å². The molecule has 0 saturated heterocycles. The summed E-state index contributed by atoms with van der Waals surface area (Å²) < 4.78 is 5.14. The second kappa shape index (κ2) is 6.81. The summed E-state index contributed by atoms with van der Waals surface area (Å²) >= 11 is 1.61. The summed E-state index contributed by atoms with van der Waals surface area (Å²) in [6.45, 7) is 2.85. The van der Waals surface area contributed by atoms with Crippen molar-refractivity contribution in [2.24, 2.45) is 0 Å². The number of ether oxygens (including phenoxy) is 1. The van der Waals surface area contributed by atoms with E-state index in [1.807, 2.05) is 29.6 Å². The van der Waals surface area contributed by atoms with Crippen molar-refractivity contribution < 1.29 is 4.74 Å². The van der Waals surface area contributed by atoms with Crippen LogP contribution in [0, 0.1) is 0 Å². The van der Waals surface area contributed by atoms with E-state index in [4.69, 9.17) is 4.74 Å². The van der Waals surface area contributed by atoms with Crippen LogP contribution in [0.5, 0.6) is 0 Å². The van der Waals surface area contributed by atoms with E-state index in [0.717, 1.165) is 34.8 Å². The van der Waals surface area contributed by atoms with E-state index < -0.39 is 0 Å². The molecule has 0 aliphatic carbocycles. The van der Waals surface area contributed by atoms with E-state index in [-0.39, 0.29) is 6.04 Å². The molecule has 0 amide bonds. The number of hydrogen-bond acceptors (Lipinski definition) is 6. The highest BCUT2D eigenvalue weighted by Gasteiger charge is 2.13. The number of methoxy groups -OCH3 is 1. The fraction of sp³-hybridized carbons (Fsp3) is 0.312. The lowest BCUT2D eigenvalue weighted by Crippen LogP contribution is -2.18. The minimum atomic E-state index is 0.273. The number of nitrogens with zero attached hydrogens (tertiary/aromatic N) is 3. The number of thiophene rings is 1. The van der Waals surface area contributed by atoms with Crippen molar-refractivity contribution in [3.05, 3.63) is 35.8 Å². The lowest BCUT2D eigenvalue weighted by Gasteiger charge is -2.15. The quantitative estimate of drug-likeness (QED) is 0.753. The van der Waals surface area contributed by atoms with Gasteiger partial charge in [-0.15, -0.1) is 11.3 Å². The second-order valence-corrected chi connectivity index (χ2v) is 5.97. The van der Waals surface area contributed by atoms with Crippen molar-refractivity contribution in [3.8, 4) is 11.5 Å². The third-order valence-corrected chi connectivity index (χ3v) is 4.16. The molecular weight excluding hydrogens is 296 g/mol. The van der Waals surface area contributed by atoms with Crippen LogP contribution in [-0.2, 0) is 4.74 Å². The Morgan fingerprint density at radius 1 is 1.27 bits per heavy atom. The van der Waals surface area contributed by atoms with Gasteiger partial charge in [-0.1, -0.05) is 6.07 Å². The molecule has 0 spiro atoms. The largest absolute Gasteiger partial charge is 0.385 e. The minimum absolute atomic E-state index is 0.273. The summed E-state index contributed by atoms with van der Waals surface area (Å²) in [5, 5.41) is 6.55. The number of hydrogen-bond donors (Lipinski definition) is 1. The molecule has 3 heterocycles. The van der Waals surface area contributed by atoms with Gasteiger partial charge in [0.25, 0.3) is 0 Å². The monoisotopic (exact) mass is 314 g/mol. The van der Waals surface area contributed by atoms with Gasteiger partial charge < -0.3 is 10.1 Å². The van der Waals surface area contributed by atoms with Gasteiger partial charge in [-0.2, -0.15) is 0 Å². The van der Waals surface area contributed by atoms with Crippen molar-refractivity contribution in [1.29, 1.82) is 0 Å². The SMILES string of the molecule is COCCC(C)Nc1nc(-c2ccccn2)nc2sccc12. The zero-order valence-corrected chi connectivity index (χ0v) is 13.4. The normalized spacial score (nSPS) is 12.5. The fourth-order valence-corrected chi connectivity index (χ4v) is 2.94. The summed E-state index contributed by atoms with van der Waals surface area (Å²) in [4.78, 5) is 14.6. The van der Waals surface area contributed by atoms with Gasteiger partial charge in [-0.05, 0) is 36.9 Å². The fourth-order valence-electron chi connectivity index (χ4n) is 2.18. The molecule has 1 N–H and O–H groups in total. The Hall–Kier alpha value is -2.05. The number of rotatable bonds is 6. The third kappa shape index (κ3) is 3.23. The average Bonchev–Trinajstić information content (AvgIpc) is 3.02. The molecule has 5 nitrogen and oxygen atoms in total. The van der Waals surface area contributed by atoms with Gasteiger partial charge in [0.15, 0.2) is 5.82 Å². The maximum atomic E-state index is 5.14. The third-order valence-electron chi connectivity index (χ3n) is 3.36. The molecule has 1 atom stereocenters. The van der Waals surface area contributed by atoms with E-state index in [1.165, 1.54) is 0 Å². The molecule has 0 saturated carbocycles. The predicted octanol–water partition coefficient (Wildman–Crippen LogP) is 3.59. The zero-order chi connectivity index (χ0) is 15.4. The van der Waals surface area contributed by atoms with Crippen LogP contribution >= 0.6 is 11.3 Å². The van der Waals surface area contributed by atoms with Gasteiger partial charge in [0, 0.05) is 26.0 Å². The Morgan fingerprint density at radius 3 is 2.95 bits per heavy atom. The predicted molar refractivity (Wildman–Crippen MR) is 90.2 cm³/mol. The minimum Gasteiger partial charge on any atom is -0.385 e. The van der Waals surface area contributed by atoms with Crippen molar-refractivity contribution in [2.45, 2.75) is 19.4 Å². The van der Waals surface area contributed by atoms with E-state index in [9.17, 15) is 0 Å². The Morgan fingerprint density at radius 2 is 2.18 bits per heavy atom. The van der Waals surface area contributed by atoms with Gasteiger partial charge in [-0.3, -0.25) is 4.98 Å². The second-order valence-electron chi connectivity index (χ2n) is 5.08. The van der Waals surface area contributed by atoms with E-state index in [2.05, 4.69) is 27.2 Å². The van der Waals surface area contributed by atoms with E-state index >= 15 is 0 Å². The van der Waals surface area contributed by atoms with Crippen LogP contribution in [0.1, 0.15) is 13.3 Å². The Kier molecular flexibility index (Phi) is 4.60. The van der Waals surface area contributed by atoms with Crippen LogP contribution in [0.25, 0.3) is 21.7 Å². The van der Waals surface area contributed by atoms with Crippen LogP contribution < -0.4 is 5.32 Å². The Bertz CT molecular complexity index is 744. The summed E-state index contributed by atoms with van der Waals surface area (Å²) in [7, 11) is 1.72. The highest BCUT2D eigenvalue weighted by molar-refractivity contribution is 7.16. The van der Waals surface area contributed by atoms with Crippen molar-refractivity contribution in [2.75, 3.05) is 19.0 Å². The van der Waals surface area contributed by atoms with Crippen LogP contribution in [0.15, 0.2) is 35.8 Å². The molecule has 0 fully saturated rings. The number of anilines is 1. The van der Waals surface area contributed by atoms with Crippen LogP contribution in [0.3, 0.4) is 0 Å². The molecule has 114 valence electrons. The first-order valence-corrected chi connectivity index (χ1v) is 8.08. The maximum Gasteiger partial charge on any atom is 0.181 e. The van der Waals surface area contributed by atoms with Gasteiger partial charge in [0.2, 0.25) is 0 Å². The van der Waals surface area contributed by atoms with Gasteiger partial charge in [0.1, 0.15) is 16.3 Å². The van der Waals surface area contributed by atoms with Crippen molar-refractivity contribution in [3.63, 3.8) is 0 Å². The molecule has 3 aromatic rings. The first-order valence-electron chi connectivity index (χ1n) is 7.20. The highest BCUT2D eigenvalue weighted by Crippen LogP contribution is 2.28. The van der Waals surface area contributed by atoms with Gasteiger partial charge in [0.05, 0.1) is 5.39 Å². The lowest BCUT2D eigenvalue weighted by molar-refractivity contribution is 0.191. The molecule has 0 aliphatic rings. The van der Waals surface area contributed by atoms with Gasteiger partial charge in [-0.25, -0.2) is 9.97 Å². The average molecular weight is 314 g/mol. The van der Waals surface area contributed by atoms with Crippen LogP contribution in [0.2, 0.25) is 0 Å². The molecule has 0 radical (unpaired) electrons. The topological polar surface area (TPSA) is 59.9 Å². The lowest BCUT2D eigenvalue weighted by atomic mass is 10.2. The maximum absolute atomic E-state index is 5.14. The molecule has 0 aromatic carbocycles. The Labute approximate surface area is 133 Å². The molecule has 22 heavy (non-hydrogen) atoms. The van der Waals surface area contributed by atoms with Crippen molar-refractivity contribution in [1.82, 2.24) is 15.0 Å². The summed E-state index contributed by atoms with van der Waals surface area (Å²) in [5.74, 6) is 1.51. The van der Waals surface area contributed by atoms with E-state index in [0.29, 0.717) is 5.82 Å². The summed E-state index contributed by atoms with van der Waals surface area (Å²) in [5.41, 5.74) is 0.783. The molecular formula is C16H18N4OS. The zero-order valence-electron chi connectivity index (χ0n) is 12.6. The first-order chi connectivity index (χ1) is 10.8. The number of nitrogens with one attached hydrogen (secondary N) is 1. The summed E-state index contributed by atoms with van der Waals surface area (Å²) in [6.07, 6.45) is 2.68. The molecule has 0 bridgehead atoms. The van der Waals surface area contributed by atoms with Gasteiger partial charge >= 0.3 is 0 Å². The highest BCUT2D eigenvalue weighted by atomic mass is 32.1. The molecule has 3 rings (SSSR count). The smallest absolute Gasteiger partial charge is 0.181 e. The standard InChI is InChI=1S/C16H18N4OS/c1-11(6-9-21-2)18-14-12-7-10-22-16(12)20-15(19-14)13-5-3-4-8-17-13/h3-5,7-8,10-11H,6,9H2,1-2H3,(H,18,19,20). The van der Waals surface area contributed by atoms with Crippen LogP contribution in [0.4, 0.5) is 5.82 Å². The first kappa shape index (κ1) is 14.9. The molecule has 0 aliphatic heterocycles. The number of pyridine rings is 1. The summed E-state index contributed by atoms with van der Waals surface area (Å²) in [6, 6.07) is 8.08. The molecule has 3 aromatic heterocycles. The van der Waals surface area contributed by atoms with Crippen molar-refractivity contribution >= 4 is 27.4 Å². The molecule has 1 unspecified atom stereocenters. The number of fused-ring (bicyclic) bond motifs is 1. The Balaban J connectivity index is 1.96. The van der Waals surface area contributed by atoms with E-state index in [1.54, 1.807) is 24.6 Å². The molecule has 6 heteroatoms. The number of aromatic nitrogens is 3.